The van der Waals surface area contributed by atoms with Crippen LogP contribution in [0.3, 0.4) is 0 Å². The Morgan fingerprint density at radius 2 is 1.75 bits per heavy atom. The number of nitrogens with one attached hydrogen (secondary N) is 1. The highest BCUT2D eigenvalue weighted by atomic mass is 16.4. The van der Waals surface area contributed by atoms with Gasteiger partial charge < -0.3 is 15.5 Å². The van der Waals surface area contributed by atoms with Crippen LogP contribution in [-0.2, 0) is 0 Å². The van der Waals surface area contributed by atoms with Gasteiger partial charge in [0, 0.05) is 16.6 Å². The molecule has 0 unspecified atom stereocenters. The molecule has 6 nitrogen and oxygen atoms in total. The van der Waals surface area contributed by atoms with Gasteiger partial charge >= 0.3 is 5.63 Å². The minimum atomic E-state index is -0.711. The number of primary amides is 1. The van der Waals surface area contributed by atoms with E-state index in [4.69, 9.17) is 10.2 Å². The molecule has 2 aromatic carbocycles. The first-order valence-electron chi connectivity index (χ1n) is 7.20. The Balaban J connectivity index is 1.91. The van der Waals surface area contributed by atoms with Gasteiger partial charge in [-0.2, -0.15) is 0 Å². The van der Waals surface area contributed by atoms with Gasteiger partial charge in [0.25, 0.3) is 5.91 Å². The number of hydrogen-bond donors (Lipinski definition) is 2. The summed E-state index contributed by atoms with van der Waals surface area (Å²) in [5.74, 6) is -1.14. The van der Waals surface area contributed by atoms with Crippen LogP contribution in [0.5, 0.6) is 0 Å². The molecule has 0 aliphatic heterocycles. The van der Waals surface area contributed by atoms with Gasteiger partial charge in [-0.05, 0) is 49.4 Å². The number of fused-ring (bicyclic) bond motifs is 1. The quantitative estimate of drug-likeness (QED) is 0.723. The summed E-state index contributed by atoms with van der Waals surface area (Å²) < 4.78 is 5.18. The maximum absolute atomic E-state index is 12.3. The molecule has 3 rings (SSSR count). The Morgan fingerprint density at radius 1 is 1.04 bits per heavy atom. The topological polar surface area (TPSA) is 102 Å². The van der Waals surface area contributed by atoms with Crippen molar-refractivity contribution in [2.24, 2.45) is 5.73 Å². The van der Waals surface area contributed by atoms with Crippen LogP contribution in [0.2, 0.25) is 0 Å². The molecule has 0 saturated heterocycles. The third-order valence-corrected chi connectivity index (χ3v) is 3.56. The van der Waals surface area contributed by atoms with Crippen molar-refractivity contribution < 1.29 is 14.0 Å². The summed E-state index contributed by atoms with van der Waals surface area (Å²) in [4.78, 5) is 35.4. The monoisotopic (exact) mass is 322 g/mol. The van der Waals surface area contributed by atoms with Gasteiger partial charge in [-0.3, -0.25) is 9.59 Å². The first-order chi connectivity index (χ1) is 11.4. The summed E-state index contributed by atoms with van der Waals surface area (Å²) in [6.45, 7) is 1.91. The van der Waals surface area contributed by atoms with Crippen molar-refractivity contribution in [1.82, 2.24) is 0 Å². The van der Waals surface area contributed by atoms with E-state index in [1.54, 1.807) is 6.07 Å². The Kier molecular flexibility index (Phi) is 3.87. The molecule has 0 fully saturated rings. The summed E-state index contributed by atoms with van der Waals surface area (Å²) in [5, 5.41) is 3.26. The highest BCUT2D eigenvalue weighted by Gasteiger charge is 2.14. The molecule has 24 heavy (non-hydrogen) atoms. The van der Waals surface area contributed by atoms with Gasteiger partial charge in [0.15, 0.2) is 0 Å². The number of amides is 2. The average Bonchev–Trinajstić information content (AvgIpc) is 2.55. The van der Waals surface area contributed by atoms with Crippen LogP contribution in [0.25, 0.3) is 11.0 Å². The first kappa shape index (κ1) is 15.5. The zero-order chi connectivity index (χ0) is 17.3. The van der Waals surface area contributed by atoms with E-state index >= 15 is 0 Å². The van der Waals surface area contributed by atoms with Crippen LogP contribution in [0.1, 0.15) is 26.3 Å². The zero-order valence-corrected chi connectivity index (χ0v) is 12.8. The Hall–Kier alpha value is -3.41. The fraction of sp³-hybridized carbons (Fsp3) is 0.0556. The summed E-state index contributed by atoms with van der Waals surface area (Å²) in [5.41, 5.74) is 6.54. The van der Waals surface area contributed by atoms with Crippen LogP contribution >= 0.6 is 0 Å². The lowest BCUT2D eigenvalue weighted by Gasteiger charge is -2.06. The largest absolute Gasteiger partial charge is 0.422 e. The van der Waals surface area contributed by atoms with Crippen molar-refractivity contribution in [3.05, 3.63) is 75.6 Å². The standard InChI is InChI=1S/C18H14N2O4/c1-10-2-7-15-12(8-10)9-14(18(23)24-15)17(22)20-13-5-3-11(4-6-13)16(19)21/h2-9H,1H3,(H2,19,21)(H,20,22). The SMILES string of the molecule is Cc1ccc2oc(=O)c(C(=O)Nc3ccc(C(N)=O)cc3)cc2c1. The molecule has 0 atom stereocenters. The summed E-state index contributed by atoms with van der Waals surface area (Å²) in [7, 11) is 0. The smallest absolute Gasteiger partial charge is 0.349 e. The van der Waals surface area contributed by atoms with Crippen LogP contribution in [0.4, 0.5) is 5.69 Å². The van der Waals surface area contributed by atoms with Crippen molar-refractivity contribution >= 4 is 28.5 Å². The minimum absolute atomic E-state index is 0.0907. The van der Waals surface area contributed by atoms with Gasteiger partial charge in [0.1, 0.15) is 11.1 Å². The van der Waals surface area contributed by atoms with Gasteiger partial charge in [-0.15, -0.1) is 0 Å². The molecule has 6 heteroatoms. The molecule has 0 aliphatic carbocycles. The number of benzene rings is 2. The van der Waals surface area contributed by atoms with Gasteiger partial charge in [-0.1, -0.05) is 11.6 Å². The Labute approximate surface area is 136 Å². The molecular formula is C18H14N2O4. The normalized spacial score (nSPS) is 10.5. The van der Waals surface area contributed by atoms with Gasteiger partial charge in [0.2, 0.25) is 5.91 Å². The number of rotatable bonds is 3. The van der Waals surface area contributed by atoms with E-state index in [-0.39, 0.29) is 5.56 Å². The van der Waals surface area contributed by atoms with E-state index in [2.05, 4.69) is 5.32 Å². The highest BCUT2D eigenvalue weighted by molar-refractivity contribution is 6.05. The van der Waals surface area contributed by atoms with Gasteiger partial charge in [-0.25, -0.2) is 4.79 Å². The molecule has 0 aliphatic rings. The van der Waals surface area contributed by atoms with E-state index < -0.39 is 17.4 Å². The second-order valence-corrected chi connectivity index (χ2v) is 5.38. The van der Waals surface area contributed by atoms with Crippen molar-refractivity contribution in [1.29, 1.82) is 0 Å². The van der Waals surface area contributed by atoms with E-state index in [1.165, 1.54) is 30.3 Å². The fourth-order valence-electron chi connectivity index (χ4n) is 2.32. The van der Waals surface area contributed by atoms with Crippen molar-refractivity contribution in [2.75, 3.05) is 5.32 Å². The number of anilines is 1. The number of nitrogens with two attached hydrogens (primary N) is 1. The summed E-state index contributed by atoms with van der Waals surface area (Å²) in [6, 6.07) is 12.9. The molecule has 1 heterocycles. The van der Waals surface area contributed by atoms with Crippen molar-refractivity contribution in [2.45, 2.75) is 6.92 Å². The molecule has 2 amide bonds. The van der Waals surface area contributed by atoms with Crippen LogP contribution in [-0.4, -0.2) is 11.8 Å². The summed E-state index contributed by atoms with van der Waals surface area (Å²) >= 11 is 0. The lowest BCUT2D eigenvalue weighted by Crippen LogP contribution is -2.20. The fourth-order valence-corrected chi connectivity index (χ4v) is 2.32. The molecule has 0 radical (unpaired) electrons. The lowest BCUT2D eigenvalue weighted by molar-refractivity contribution is 0.0998. The third kappa shape index (κ3) is 3.03. The van der Waals surface area contributed by atoms with Crippen molar-refractivity contribution in [3.63, 3.8) is 0 Å². The molecular weight excluding hydrogens is 308 g/mol. The van der Waals surface area contributed by atoms with E-state index in [9.17, 15) is 14.4 Å². The Bertz CT molecular complexity index is 1000. The predicted octanol–water partition coefficient (Wildman–Crippen LogP) is 2.45. The number of aryl methyl sites for hydroxylation is 1. The molecule has 3 N–H and O–H groups in total. The first-order valence-corrected chi connectivity index (χ1v) is 7.20. The summed E-state index contributed by atoms with van der Waals surface area (Å²) in [6.07, 6.45) is 0. The van der Waals surface area contributed by atoms with Crippen LogP contribution in [0.15, 0.2) is 57.7 Å². The lowest BCUT2D eigenvalue weighted by atomic mass is 10.1. The number of carbonyl (C=O) groups is 2. The second kappa shape index (κ2) is 6.00. The Morgan fingerprint density at radius 3 is 2.42 bits per heavy atom. The van der Waals surface area contributed by atoms with Crippen LogP contribution < -0.4 is 16.7 Å². The third-order valence-electron chi connectivity index (χ3n) is 3.56. The number of carbonyl (C=O) groups excluding carboxylic acids is 2. The zero-order valence-electron chi connectivity index (χ0n) is 12.8. The molecule has 120 valence electrons. The van der Waals surface area contributed by atoms with E-state index in [1.807, 2.05) is 19.1 Å². The second-order valence-electron chi connectivity index (χ2n) is 5.38. The molecule has 0 saturated carbocycles. The van der Waals surface area contributed by atoms with Crippen molar-refractivity contribution in [3.8, 4) is 0 Å². The maximum Gasteiger partial charge on any atom is 0.349 e. The predicted molar refractivity (Wildman–Crippen MR) is 90.1 cm³/mol. The van der Waals surface area contributed by atoms with E-state index in [0.717, 1.165) is 5.56 Å². The maximum atomic E-state index is 12.3. The molecule has 0 bridgehead atoms. The van der Waals surface area contributed by atoms with Gasteiger partial charge in [0.05, 0.1) is 0 Å². The number of hydrogen-bond acceptors (Lipinski definition) is 4. The minimum Gasteiger partial charge on any atom is -0.422 e. The molecule has 3 aromatic rings. The average molecular weight is 322 g/mol. The highest BCUT2D eigenvalue weighted by Crippen LogP contribution is 2.16. The van der Waals surface area contributed by atoms with E-state index in [0.29, 0.717) is 22.2 Å². The molecule has 0 spiro atoms. The molecule has 1 aromatic heterocycles. The van der Waals surface area contributed by atoms with Crippen LogP contribution in [0, 0.1) is 6.92 Å².